The van der Waals surface area contributed by atoms with Crippen LogP contribution >= 0.6 is 0 Å². The highest BCUT2D eigenvalue weighted by atomic mass is 32.2. The Morgan fingerprint density at radius 3 is 2.33 bits per heavy atom. The minimum Gasteiger partial charge on any atom is -0.481 e. The molecule has 0 aliphatic carbocycles. The van der Waals surface area contributed by atoms with Crippen LogP contribution in [0.2, 0.25) is 25.7 Å². The molecule has 0 bridgehead atoms. The number of pyridine rings is 1. The number of hydrogen-bond acceptors (Lipinski definition) is 7. The summed E-state index contributed by atoms with van der Waals surface area (Å²) in [5.41, 5.74) is 0.699. The van der Waals surface area contributed by atoms with Gasteiger partial charge in [-0.2, -0.15) is 0 Å². The minimum absolute atomic E-state index is 0.0499. The van der Waals surface area contributed by atoms with Crippen molar-refractivity contribution in [3.63, 3.8) is 0 Å². The number of ether oxygens (including phenoxy) is 1. The van der Waals surface area contributed by atoms with Gasteiger partial charge >= 0.3 is 13.1 Å². The zero-order valence-corrected chi connectivity index (χ0v) is 24.5. The van der Waals surface area contributed by atoms with E-state index < -0.39 is 54.4 Å². The van der Waals surface area contributed by atoms with Gasteiger partial charge in [0.25, 0.3) is 0 Å². The molecule has 2 aromatic heterocycles. The van der Waals surface area contributed by atoms with Gasteiger partial charge in [-0.05, 0) is 45.7 Å². The average Bonchev–Trinajstić information content (AvgIpc) is 3.22. The van der Waals surface area contributed by atoms with Crippen molar-refractivity contribution >= 4 is 47.5 Å². The van der Waals surface area contributed by atoms with Crippen LogP contribution in [-0.4, -0.2) is 67.8 Å². The van der Waals surface area contributed by atoms with Gasteiger partial charge in [0.05, 0.1) is 28.3 Å². The first-order valence-electron chi connectivity index (χ1n) is 12.4. The maximum absolute atomic E-state index is 13.1. The Kier molecular flexibility index (Phi) is 8.17. The van der Waals surface area contributed by atoms with Crippen LogP contribution in [0.1, 0.15) is 46.6 Å². The van der Waals surface area contributed by atoms with Crippen LogP contribution in [0.25, 0.3) is 11.0 Å². The van der Waals surface area contributed by atoms with E-state index in [0.29, 0.717) is 35.1 Å². The topological polar surface area (TPSA) is 117 Å². The fourth-order valence-electron chi connectivity index (χ4n) is 4.07. The summed E-state index contributed by atoms with van der Waals surface area (Å²) in [5.74, 6) is -1.65. The van der Waals surface area contributed by atoms with Gasteiger partial charge in [0, 0.05) is 37.9 Å². The number of nitrogens with zero attached hydrogens (tertiary/aromatic N) is 2. The Balaban J connectivity index is 2.12. The van der Waals surface area contributed by atoms with Crippen molar-refractivity contribution in [2.24, 2.45) is 0 Å². The zero-order chi connectivity index (χ0) is 27.1. The van der Waals surface area contributed by atoms with Gasteiger partial charge in [-0.1, -0.05) is 26.6 Å². The van der Waals surface area contributed by atoms with E-state index in [9.17, 15) is 13.2 Å². The van der Waals surface area contributed by atoms with E-state index in [2.05, 4.69) is 24.6 Å². The second-order valence-corrected chi connectivity index (χ2v) is 19.3. The first-order valence-corrected chi connectivity index (χ1v) is 17.7. The first kappa shape index (κ1) is 28.8. The first-order chi connectivity index (χ1) is 16.5. The molecule has 1 saturated heterocycles. The summed E-state index contributed by atoms with van der Waals surface area (Å²) in [5, 5.41) is 9.69. The number of fused-ring (bicyclic) bond motifs is 1. The van der Waals surface area contributed by atoms with Crippen molar-refractivity contribution in [3.05, 3.63) is 18.0 Å². The van der Waals surface area contributed by atoms with Gasteiger partial charge < -0.3 is 23.7 Å². The molecule has 1 fully saturated rings. The zero-order valence-electron chi connectivity index (χ0n) is 22.7. The standard InChI is InChI=1S/C24H39BN2O7SSi/c1-9-17-19(35(30,31)12-10-20(28)29)14-26-22-21(17)18(25-33-23(2,3)24(4,5)34-25)15-27(22)16-32-11-13-36(6,7)8/h14-15H,9-13,16H2,1-8H3,(H,28,29). The lowest BCUT2D eigenvalue weighted by Crippen LogP contribution is -2.41. The SMILES string of the molecule is CCc1c(S(=O)(=O)CCC(=O)O)cnc2c1c(B1OC(C)(C)C(C)(C)O1)cn2COCC[Si](C)(C)C. The highest BCUT2D eigenvalue weighted by Gasteiger charge is 2.52. The lowest BCUT2D eigenvalue weighted by molar-refractivity contribution is -0.136. The third-order valence-electron chi connectivity index (χ3n) is 6.99. The molecule has 0 unspecified atom stereocenters. The predicted octanol–water partition coefficient (Wildman–Crippen LogP) is 3.46. The number of rotatable bonds is 11. The van der Waals surface area contributed by atoms with E-state index >= 15 is 0 Å². The molecular formula is C24H39BN2O7SSi. The lowest BCUT2D eigenvalue weighted by Gasteiger charge is -2.32. The van der Waals surface area contributed by atoms with Gasteiger partial charge in [-0.25, -0.2) is 13.4 Å². The van der Waals surface area contributed by atoms with Crippen LogP contribution in [0.4, 0.5) is 0 Å². The van der Waals surface area contributed by atoms with Crippen molar-refractivity contribution < 1.29 is 32.4 Å². The smallest absolute Gasteiger partial charge is 0.481 e. The van der Waals surface area contributed by atoms with E-state index in [1.54, 1.807) is 0 Å². The van der Waals surface area contributed by atoms with Gasteiger partial charge in [-0.3, -0.25) is 4.79 Å². The number of sulfone groups is 1. The minimum atomic E-state index is -3.86. The fourth-order valence-corrected chi connectivity index (χ4v) is 6.33. The molecule has 9 nitrogen and oxygen atoms in total. The number of carboxylic acids is 1. The molecule has 12 heteroatoms. The molecule has 1 N–H and O–H groups in total. The molecule has 0 amide bonds. The number of carboxylic acid groups (broad SMARTS) is 1. The van der Waals surface area contributed by atoms with Gasteiger partial charge in [0.15, 0.2) is 9.84 Å². The Hall–Kier alpha value is -1.73. The molecule has 0 aromatic carbocycles. The third kappa shape index (κ3) is 6.04. The second-order valence-electron chi connectivity index (χ2n) is 11.6. The normalized spacial score (nSPS) is 17.7. The average molecular weight is 539 g/mol. The van der Waals surface area contributed by atoms with Crippen LogP contribution in [0.5, 0.6) is 0 Å². The molecule has 0 spiro atoms. The molecule has 3 heterocycles. The molecule has 0 saturated carbocycles. The summed E-state index contributed by atoms with van der Waals surface area (Å²) in [6.07, 6.45) is 3.15. The van der Waals surface area contributed by atoms with Crippen LogP contribution in [-0.2, 0) is 41.8 Å². The Bertz CT molecular complexity index is 1220. The lowest BCUT2D eigenvalue weighted by atomic mass is 9.78. The molecule has 200 valence electrons. The van der Waals surface area contributed by atoms with E-state index in [1.807, 2.05) is 45.4 Å². The molecule has 0 atom stereocenters. The number of aromatic nitrogens is 2. The number of aliphatic carboxylic acids is 1. The third-order valence-corrected chi connectivity index (χ3v) is 10.5. The van der Waals surface area contributed by atoms with E-state index in [-0.39, 0.29) is 11.6 Å². The van der Waals surface area contributed by atoms with Gasteiger partial charge in [0.2, 0.25) is 0 Å². The highest BCUT2D eigenvalue weighted by molar-refractivity contribution is 7.91. The van der Waals surface area contributed by atoms with E-state index in [0.717, 1.165) is 6.04 Å². The van der Waals surface area contributed by atoms with E-state index in [4.69, 9.17) is 19.2 Å². The largest absolute Gasteiger partial charge is 0.497 e. The Labute approximate surface area is 215 Å². The molecule has 2 aromatic rings. The molecule has 0 radical (unpaired) electrons. The highest BCUT2D eigenvalue weighted by Crippen LogP contribution is 2.38. The predicted molar refractivity (Wildman–Crippen MR) is 143 cm³/mol. The Morgan fingerprint density at radius 1 is 1.19 bits per heavy atom. The van der Waals surface area contributed by atoms with Crippen LogP contribution in [0.3, 0.4) is 0 Å². The van der Waals surface area contributed by atoms with Crippen LogP contribution in [0, 0.1) is 0 Å². The molecule has 36 heavy (non-hydrogen) atoms. The second kappa shape index (κ2) is 10.2. The quantitative estimate of drug-likeness (QED) is 0.342. The maximum atomic E-state index is 13.1. The maximum Gasteiger partial charge on any atom is 0.497 e. The van der Waals surface area contributed by atoms with Crippen molar-refractivity contribution in [2.45, 2.75) is 96.0 Å². The van der Waals surface area contributed by atoms with Crippen LogP contribution < -0.4 is 5.46 Å². The monoisotopic (exact) mass is 538 g/mol. The summed E-state index contributed by atoms with van der Waals surface area (Å²) in [4.78, 5) is 15.6. The molecule has 1 aliphatic heterocycles. The van der Waals surface area contributed by atoms with Gasteiger partial charge in [-0.15, -0.1) is 0 Å². The Morgan fingerprint density at radius 2 is 1.81 bits per heavy atom. The summed E-state index contributed by atoms with van der Waals surface area (Å²) in [6.45, 7) is 17.5. The summed E-state index contributed by atoms with van der Waals surface area (Å²) in [7, 11) is -5.84. The van der Waals surface area contributed by atoms with E-state index in [1.165, 1.54) is 6.20 Å². The van der Waals surface area contributed by atoms with Crippen molar-refractivity contribution in [3.8, 4) is 0 Å². The van der Waals surface area contributed by atoms with Crippen molar-refractivity contribution in [1.82, 2.24) is 9.55 Å². The fraction of sp³-hybridized carbons (Fsp3) is 0.667. The summed E-state index contributed by atoms with van der Waals surface area (Å²) in [6, 6.07) is 1.02. The van der Waals surface area contributed by atoms with Crippen LogP contribution in [0.15, 0.2) is 17.3 Å². The summed E-state index contributed by atoms with van der Waals surface area (Å²) < 4.78 is 46.7. The number of aryl methyl sites for hydroxylation is 1. The van der Waals surface area contributed by atoms with Gasteiger partial charge in [0.1, 0.15) is 12.4 Å². The number of hydrogen-bond donors (Lipinski definition) is 1. The molecule has 1 aliphatic rings. The summed E-state index contributed by atoms with van der Waals surface area (Å²) >= 11 is 0. The van der Waals surface area contributed by atoms with Crippen molar-refractivity contribution in [2.75, 3.05) is 12.4 Å². The molecular weight excluding hydrogens is 499 g/mol. The molecule has 3 rings (SSSR count). The number of carbonyl (C=O) groups is 1. The van der Waals surface area contributed by atoms with Crippen molar-refractivity contribution in [1.29, 1.82) is 0 Å².